The van der Waals surface area contributed by atoms with Crippen LogP contribution in [0.15, 0.2) is 35.1 Å². The summed E-state index contributed by atoms with van der Waals surface area (Å²) >= 11 is 0. The summed E-state index contributed by atoms with van der Waals surface area (Å²) in [6.45, 7) is 0. The lowest BCUT2D eigenvalue weighted by atomic mass is 10.2. The van der Waals surface area contributed by atoms with Crippen LogP contribution in [0.4, 0.5) is 0 Å². The predicted molar refractivity (Wildman–Crippen MR) is 58.2 cm³/mol. The van der Waals surface area contributed by atoms with Crippen LogP contribution in [0, 0.1) is 0 Å². The molecular formula is C9H7ClN2O3S. The molecule has 0 aliphatic rings. The highest BCUT2D eigenvalue weighted by Gasteiger charge is 2.12. The summed E-state index contributed by atoms with van der Waals surface area (Å²) < 4.78 is 26.6. The van der Waals surface area contributed by atoms with Gasteiger partial charge < -0.3 is 4.52 Å². The first kappa shape index (κ1) is 11.1. The average molecular weight is 259 g/mol. The Morgan fingerprint density at radius 3 is 2.62 bits per heavy atom. The van der Waals surface area contributed by atoms with Crippen molar-refractivity contribution in [3.63, 3.8) is 0 Å². The van der Waals surface area contributed by atoms with E-state index < -0.39 is 9.05 Å². The molecule has 0 fully saturated rings. The van der Waals surface area contributed by atoms with Crippen LogP contribution in [0.25, 0.3) is 11.3 Å². The van der Waals surface area contributed by atoms with Gasteiger partial charge in [-0.2, -0.15) is 0 Å². The third kappa shape index (κ3) is 2.80. The molecule has 16 heavy (non-hydrogen) atoms. The van der Waals surface area contributed by atoms with Gasteiger partial charge in [0.15, 0.2) is 5.76 Å². The molecule has 0 aromatic carbocycles. The van der Waals surface area contributed by atoms with E-state index in [1.165, 1.54) is 6.07 Å². The number of rotatable bonds is 3. The molecule has 2 heterocycles. The van der Waals surface area contributed by atoms with Crippen molar-refractivity contribution in [1.82, 2.24) is 10.1 Å². The Bertz CT molecular complexity index is 580. The van der Waals surface area contributed by atoms with Crippen molar-refractivity contribution in [1.29, 1.82) is 0 Å². The number of hydrogen-bond donors (Lipinski definition) is 0. The molecule has 2 aromatic rings. The Morgan fingerprint density at radius 1 is 1.31 bits per heavy atom. The van der Waals surface area contributed by atoms with Crippen LogP contribution in [-0.4, -0.2) is 18.6 Å². The highest BCUT2D eigenvalue weighted by atomic mass is 35.7. The Kier molecular flexibility index (Phi) is 2.93. The van der Waals surface area contributed by atoms with Crippen molar-refractivity contribution in [3.8, 4) is 11.3 Å². The van der Waals surface area contributed by atoms with Crippen molar-refractivity contribution in [2.45, 2.75) is 5.75 Å². The molecule has 0 spiro atoms. The second kappa shape index (κ2) is 4.23. The molecule has 2 rings (SSSR count). The molecule has 0 atom stereocenters. The van der Waals surface area contributed by atoms with Gasteiger partial charge in [0.1, 0.15) is 11.4 Å². The van der Waals surface area contributed by atoms with E-state index in [0.717, 1.165) is 5.56 Å². The molecule has 5 nitrogen and oxygen atoms in total. The lowest BCUT2D eigenvalue weighted by Crippen LogP contribution is -1.94. The van der Waals surface area contributed by atoms with Crippen molar-refractivity contribution < 1.29 is 12.9 Å². The van der Waals surface area contributed by atoms with Gasteiger partial charge >= 0.3 is 0 Å². The molecule has 0 saturated carbocycles. The summed E-state index contributed by atoms with van der Waals surface area (Å²) in [6.07, 6.45) is 3.21. The van der Waals surface area contributed by atoms with E-state index >= 15 is 0 Å². The molecule has 0 unspecified atom stereocenters. The van der Waals surface area contributed by atoms with Gasteiger partial charge in [0, 0.05) is 34.7 Å². The first-order valence-corrected chi connectivity index (χ1v) is 6.81. The van der Waals surface area contributed by atoms with Gasteiger partial charge in [-0.15, -0.1) is 0 Å². The minimum absolute atomic E-state index is 0.279. The van der Waals surface area contributed by atoms with Gasteiger partial charge in [-0.3, -0.25) is 4.98 Å². The Balaban J connectivity index is 2.27. The average Bonchev–Trinajstić information content (AvgIpc) is 2.65. The Labute approximate surface area is 96.5 Å². The molecule has 0 radical (unpaired) electrons. The quantitative estimate of drug-likeness (QED) is 0.785. The molecule has 2 aromatic heterocycles. The van der Waals surface area contributed by atoms with Crippen molar-refractivity contribution in [2.24, 2.45) is 0 Å². The summed E-state index contributed by atoms with van der Waals surface area (Å²) in [5.41, 5.74) is 1.06. The van der Waals surface area contributed by atoms with E-state index in [-0.39, 0.29) is 11.4 Å². The van der Waals surface area contributed by atoms with E-state index in [4.69, 9.17) is 15.2 Å². The van der Waals surface area contributed by atoms with Gasteiger partial charge in [0.05, 0.1) is 0 Å². The van der Waals surface area contributed by atoms with Crippen molar-refractivity contribution in [2.75, 3.05) is 0 Å². The maximum absolute atomic E-state index is 10.8. The lowest BCUT2D eigenvalue weighted by Gasteiger charge is -1.91. The summed E-state index contributed by atoms with van der Waals surface area (Å²) in [7, 11) is 1.49. The standard InChI is InChI=1S/C9H7ClN2O3S/c10-16(13,14)6-8-5-9(15-12-8)7-1-3-11-4-2-7/h1-5H,6H2. The third-order valence-electron chi connectivity index (χ3n) is 1.84. The fourth-order valence-electron chi connectivity index (χ4n) is 1.21. The lowest BCUT2D eigenvalue weighted by molar-refractivity contribution is 0.426. The van der Waals surface area contributed by atoms with Gasteiger partial charge in [0.25, 0.3) is 0 Å². The maximum atomic E-state index is 10.8. The van der Waals surface area contributed by atoms with Crippen LogP contribution >= 0.6 is 10.7 Å². The number of nitrogens with zero attached hydrogens (tertiary/aromatic N) is 2. The van der Waals surface area contributed by atoms with Crippen LogP contribution in [0.1, 0.15) is 5.69 Å². The fraction of sp³-hybridized carbons (Fsp3) is 0.111. The summed E-state index contributed by atoms with van der Waals surface area (Å²) in [5, 5.41) is 3.62. The van der Waals surface area contributed by atoms with Crippen LogP contribution in [0.5, 0.6) is 0 Å². The minimum atomic E-state index is -3.61. The van der Waals surface area contributed by atoms with E-state index in [2.05, 4.69) is 10.1 Å². The predicted octanol–water partition coefficient (Wildman–Crippen LogP) is 1.81. The van der Waals surface area contributed by atoms with E-state index in [0.29, 0.717) is 5.76 Å². The first-order chi connectivity index (χ1) is 7.54. The van der Waals surface area contributed by atoms with Gasteiger partial charge in [-0.25, -0.2) is 8.42 Å². The van der Waals surface area contributed by atoms with Crippen LogP contribution in [0.3, 0.4) is 0 Å². The monoisotopic (exact) mass is 258 g/mol. The Hall–Kier alpha value is -1.40. The molecule has 0 bridgehead atoms. The van der Waals surface area contributed by atoms with Crippen molar-refractivity contribution in [3.05, 3.63) is 36.3 Å². The number of pyridine rings is 1. The molecular weight excluding hydrogens is 252 g/mol. The molecule has 0 saturated heterocycles. The SMILES string of the molecule is O=S(=O)(Cl)Cc1cc(-c2ccncc2)on1. The van der Waals surface area contributed by atoms with E-state index in [9.17, 15) is 8.42 Å². The van der Waals surface area contributed by atoms with Crippen LogP contribution in [0.2, 0.25) is 0 Å². The summed E-state index contributed by atoms with van der Waals surface area (Å²) in [4.78, 5) is 3.86. The van der Waals surface area contributed by atoms with E-state index in [1.807, 2.05) is 0 Å². The maximum Gasteiger partial charge on any atom is 0.238 e. The Morgan fingerprint density at radius 2 is 2.00 bits per heavy atom. The van der Waals surface area contributed by atoms with Crippen molar-refractivity contribution >= 4 is 19.7 Å². The van der Waals surface area contributed by atoms with E-state index in [1.54, 1.807) is 24.5 Å². The number of aromatic nitrogens is 2. The molecule has 0 aliphatic heterocycles. The summed E-state index contributed by atoms with van der Waals surface area (Å²) in [6, 6.07) is 5.01. The molecule has 84 valence electrons. The zero-order valence-electron chi connectivity index (χ0n) is 8.00. The topological polar surface area (TPSA) is 73.1 Å². The fourth-order valence-corrected chi connectivity index (χ4v) is 2.03. The molecule has 0 aliphatic carbocycles. The molecule has 0 N–H and O–H groups in total. The zero-order valence-corrected chi connectivity index (χ0v) is 9.57. The minimum Gasteiger partial charge on any atom is -0.356 e. The number of hydrogen-bond acceptors (Lipinski definition) is 5. The molecule has 0 amide bonds. The van der Waals surface area contributed by atoms with Gasteiger partial charge in [0.2, 0.25) is 9.05 Å². The van der Waals surface area contributed by atoms with Gasteiger partial charge in [-0.05, 0) is 12.1 Å². The smallest absolute Gasteiger partial charge is 0.238 e. The highest BCUT2D eigenvalue weighted by molar-refractivity contribution is 8.13. The first-order valence-electron chi connectivity index (χ1n) is 4.33. The third-order valence-corrected chi connectivity index (χ3v) is 2.81. The second-order valence-corrected chi connectivity index (χ2v) is 5.88. The second-order valence-electron chi connectivity index (χ2n) is 3.10. The van der Waals surface area contributed by atoms with Gasteiger partial charge in [-0.1, -0.05) is 5.16 Å². The molecule has 7 heteroatoms. The summed E-state index contributed by atoms with van der Waals surface area (Å²) in [5.74, 6) is 0.140. The number of halogens is 1. The van der Waals surface area contributed by atoms with Crippen LogP contribution in [-0.2, 0) is 14.8 Å². The highest BCUT2D eigenvalue weighted by Crippen LogP contribution is 2.20. The zero-order chi connectivity index (χ0) is 11.6. The normalized spacial score (nSPS) is 11.6. The van der Waals surface area contributed by atoms with Crippen LogP contribution < -0.4 is 0 Å². The largest absolute Gasteiger partial charge is 0.356 e.